The number of nitrogens with two attached hydrogens (primary N) is 1. The normalized spacial score (nSPS) is 10.8. The Balaban J connectivity index is 2.08. The number of anilines is 3. The van der Waals surface area contributed by atoms with Crippen molar-refractivity contribution >= 4 is 34.7 Å². The summed E-state index contributed by atoms with van der Waals surface area (Å²) in [5, 5.41) is 11.6. The molecule has 0 atom stereocenters. The predicted molar refractivity (Wildman–Crippen MR) is 74.7 cm³/mol. The Morgan fingerprint density at radius 1 is 1.32 bits per heavy atom. The fourth-order valence-corrected chi connectivity index (χ4v) is 1.96. The molecule has 0 aliphatic heterocycles. The highest BCUT2D eigenvalue weighted by molar-refractivity contribution is 6.33. The molecular formula is C12H11ClN6. The van der Waals surface area contributed by atoms with Crippen molar-refractivity contribution in [3.63, 3.8) is 0 Å². The van der Waals surface area contributed by atoms with E-state index in [-0.39, 0.29) is 0 Å². The summed E-state index contributed by atoms with van der Waals surface area (Å²) in [5.74, 6) is 0.870. The standard InChI is InChI=1S/C12H11ClN6/c1-7-2-3-8(13)9(6-7)16-10-11-17-18-12(14)19(11)5-4-15-10/h2-6H,1H3,(H2,14,18)(H,15,16). The van der Waals surface area contributed by atoms with Crippen molar-refractivity contribution in [2.45, 2.75) is 6.92 Å². The summed E-state index contributed by atoms with van der Waals surface area (Å²) >= 11 is 6.14. The highest BCUT2D eigenvalue weighted by Gasteiger charge is 2.09. The maximum atomic E-state index is 6.14. The van der Waals surface area contributed by atoms with Crippen LogP contribution >= 0.6 is 11.6 Å². The lowest BCUT2D eigenvalue weighted by molar-refractivity contribution is 1.12. The van der Waals surface area contributed by atoms with E-state index < -0.39 is 0 Å². The van der Waals surface area contributed by atoms with Crippen LogP contribution in [0.15, 0.2) is 30.6 Å². The zero-order chi connectivity index (χ0) is 13.4. The number of hydrogen-bond donors (Lipinski definition) is 2. The SMILES string of the molecule is Cc1ccc(Cl)c(Nc2nccn3c(N)nnc23)c1. The lowest BCUT2D eigenvalue weighted by Gasteiger charge is -2.09. The Morgan fingerprint density at radius 3 is 3.00 bits per heavy atom. The molecule has 0 aliphatic rings. The van der Waals surface area contributed by atoms with E-state index in [9.17, 15) is 0 Å². The van der Waals surface area contributed by atoms with Crippen molar-refractivity contribution in [2.24, 2.45) is 0 Å². The average Bonchev–Trinajstić information content (AvgIpc) is 2.77. The summed E-state index contributed by atoms with van der Waals surface area (Å²) < 4.78 is 1.65. The molecule has 0 radical (unpaired) electrons. The van der Waals surface area contributed by atoms with Crippen molar-refractivity contribution in [3.05, 3.63) is 41.2 Å². The van der Waals surface area contributed by atoms with Crippen LogP contribution in [0.4, 0.5) is 17.5 Å². The molecule has 19 heavy (non-hydrogen) atoms. The molecule has 0 saturated heterocycles. The first kappa shape index (κ1) is 11.7. The predicted octanol–water partition coefficient (Wildman–Crippen LogP) is 2.41. The smallest absolute Gasteiger partial charge is 0.226 e. The summed E-state index contributed by atoms with van der Waals surface area (Å²) in [6.45, 7) is 1.99. The molecule has 0 amide bonds. The molecule has 0 spiro atoms. The van der Waals surface area contributed by atoms with E-state index in [1.165, 1.54) is 0 Å². The minimum absolute atomic E-state index is 0.316. The van der Waals surface area contributed by atoms with E-state index in [2.05, 4.69) is 20.5 Å². The molecule has 3 rings (SSSR count). The summed E-state index contributed by atoms with van der Waals surface area (Å²) in [6, 6.07) is 5.71. The van der Waals surface area contributed by atoms with Gasteiger partial charge in [-0.15, -0.1) is 10.2 Å². The van der Waals surface area contributed by atoms with Crippen LogP contribution in [-0.2, 0) is 0 Å². The van der Waals surface area contributed by atoms with E-state index in [0.29, 0.717) is 22.4 Å². The monoisotopic (exact) mass is 274 g/mol. The number of halogens is 1. The van der Waals surface area contributed by atoms with E-state index in [1.807, 2.05) is 25.1 Å². The second-order valence-corrected chi connectivity index (χ2v) is 4.54. The fraction of sp³-hybridized carbons (Fsp3) is 0.0833. The number of nitrogen functional groups attached to an aromatic ring is 1. The topological polar surface area (TPSA) is 81.1 Å². The van der Waals surface area contributed by atoms with Crippen LogP contribution in [-0.4, -0.2) is 19.6 Å². The quantitative estimate of drug-likeness (QED) is 0.750. The highest BCUT2D eigenvalue weighted by Crippen LogP contribution is 2.27. The van der Waals surface area contributed by atoms with Crippen LogP contribution in [0.5, 0.6) is 0 Å². The summed E-state index contributed by atoms with van der Waals surface area (Å²) in [6.07, 6.45) is 3.33. The third-order valence-electron chi connectivity index (χ3n) is 2.73. The number of benzene rings is 1. The van der Waals surface area contributed by atoms with Gasteiger partial charge in [-0.2, -0.15) is 0 Å². The minimum Gasteiger partial charge on any atom is -0.368 e. The molecule has 3 N–H and O–H groups in total. The molecule has 0 aliphatic carbocycles. The molecule has 7 heteroatoms. The second kappa shape index (κ2) is 4.40. The van der Waals surface area contributed by atoms with Crippen LogP contribution < -0.4 is 11.1 Å². The Labute approximate surface area is 114 Å². The molecule has 0 saturated carbocycles. The molecule has 96 valence electrons. The van der Waals surface area contributed by atoms with Crippen LogP contribution in [0, 0.1) is 6.92 Å². The minimum atomic E-state index is 0.316. The highest BCUT2D eigenvalue weighted by atomic mass is 35.5. The molecule has 2 heterocycles. The first-order valence-corrected chi connectivity index (χ1v) is 6.01. The van der Waals surface area contributed by atoms with E-state index >= 15 is 0 Å². The van der Waals surface area contributed by atoms with Crippen molar-refractivity contribution < 1.29 is 0 Å². The molecule has 6 nitrogen and oxygen atoms in total. The van der Waals surface area contributed by atoms with Crippen molar-refractivity contribution in [1.82, 2.24) is 19.6 Å². The maximum absolute atomic E-state index is 6.14. The molecule has 2 aromatic heterocycles. The molecule has 0 fully saturated rings. The van der Waals surface area contributed by atoms with E-state index in [4.69, 9.17) is 17.3 Å². The number of hydrogen-bond acceptors (Lipinski definition) is 5. The number of nitrogens with zero attached hydrogens (tertiary/aromatic N) is 4. The Hall–Kier alpha value is -2.34. The van der Waals surface area contributed by atoms with Gasteiger partial charge in [-0.1, -0.05) is 17.7 Å². The van der Waals surface area contributed by atoms with E-state index in [1.54, 1.807) is 16.8 Å². The van der Waals surface area contributed by atoms with Gasteiger partial charge in [-0.3, -0.25) is 4.40 Å². The lowest BCUT2D eigenvalue weighted by Crippen LogP contribution is -2.00. The van der Waals surface area contributed by atoms with Gasteiger partial charge in [0, 0.05) is 12.4 Å². The average molecular weight is 275 g/mol. The maximum Gasteiger partial charge on any atom is 0.226 e. The van der Waals surface area contributed by atoms with Crippen molar-refractivity contribution in [3.8, 4) is 0 Å². The number of aromatic nitrogens is 4. The second-order valence-electron chi connectivity index (χ2n) is 4.14. The molecule has 3 aromatic rings. The van der Waals surface area contributed by atoms with Crippen LogP contribution in [0.2, 0.25) is 5.02 Å². The van der Waals surface area contributed by atoms with Gasteiger partial charge in [-0.25, -0.2) is 4.98 Å². The Kier molecular flexibility index (Phi) is 2.72. The molecule has 0 bridgehead atoms. The third kappa shape index (κ3) is 2.06. The van der Waals surface area contributed by atoms with Crippen LogP contribution in [0.1, 0.15) is 5.56 Å². The molecule has 0 unspecified atom stereocenters. The molecule has 1 aromatic carbocycles. The molecular weight excluding hydrogens is 264 g/mol. The van der Waals surface area contributed by atoms with Gasteiger partial charge < -0.3 is 11.1 Å². The largest absolute Gasteiger partial charge is 0.368 e. The van der Waals surface area contributed by atoms with Gasteiger partial charge in [0.25, 0.3) is 0 Å². The van der Waals surface area contributed by atoms with Gasteiger partial charge in [0.2, 0.25) is 11.6 Å². The van der Waals surface area contributed by atoms with Crippen molar-refractivity contribution in [2.75, 3.05) is 11.1 Å². The van der Waals surface area contributed by atoms with Gasteiger partial charge in [0.05, 0.1) is 10.7 Å². The fourth-order valence-electron chi connectivity index (χ4n) is 1.79. The number of nitrogens with one attached hydrogen (secondary N) is 1. The van der Waals surface area contributed by atoms with E-state index in [0.717, 1.165) is 11.3 Å². The van der Waals surface area contributed by atoms with Gasteiger partial charge >= 0.3 is 0 Å². The zero-order valence-corrected chi connectivity index (χ0v) is 10.9. The zero-order valence-electron chi connectivity index (χ0n) is 10.1. The van der Waals surface area contributed by atoms with Crippen molar-refractivity contribution in [1.29, 1.82) is 0 Å². The number of fused-ring (bicyclic) bond motifs is 1. The van der Waals surface area contributed by atoms with Crippen LogP contribution in [0.25, 0.3) is 5.65 Å². The Morgan fingerprint density at radius 2 is 2.16 bits per heavy atom. The Bertz CT molecular complexity index is 751. The summed E-state index contributed by atoms with van der Waals surface area (Å²) in [7, 11) is 0. The van der Waals surface area contributed by atoms with Crippen LogP contribution in [0.3, 0.4) is 0 Å². The first-order chi connectivity index (χ1) is 9.15. The number of rotatable bonds is 2. The number of aryl methyl sites for hydroxylation is 1. The summed E-state index contributed by atoms with van der Waals surface area (Å²) in [4.78, 5) is 4.24. The lowest BCUT2D eigenvalue weighted by atomic mass is 10.2. The van der Waals surface area contributed by atoms with Gasteiger partial charge in [-0.05, 0) is 24.6 Å². The van der Waals surface area contributed by atoms with Gasteiger partial charge in [0.15, 0.2) is 5.82 Å². The third-order valence-corrected chi connectivity index (χ3v) is 3.06. The first-order valence-electron chi connectivity index (χ1n) is 5.63. The van der Waals surface area contributed by atoms with Gasteiger partial charge in [0.1, 0.15) is 0 Å². The summed E-state index contributed by atoms with van der Waals surface area (Å²) in [5.41, 5.74) is 8.12.